The Morgan fingerprint density at radius 3 is 3.28 bits per heavy atom. The second kappa shape index (κ2) is 5.29. The predicted octanol–water partition coefficient (Wildman–Crippen LogP) is 1.46. The van der Waals surface area contributed by atoms with E-state index in [1.54, 1.807) is 0 Å². The monoisotopic (exact) mass is 246 g/mol. The zero-order valence-corrected chi connectivity index (χ0v) is 11.1. The maximum absolute atomic E-state index is 5.55. The molecule has 1 aromatic rings. The first-order valence-electron chi connectivity index (χ1n) is 6.98. The molecule has 0 radical (unpaired) electrons. The smallest absolute Gasteiger partial charge is 0.122 e. The third-order valence-electron chi connectivity index (χ3n) is 4.16. The number of benzene rings is 1. The summed E-state index contributed by atoms with van der Waals surface area (Å²) < 4.78 is 5.55. The van der Waals surface area contributed by atoms with Crippen LogP contribution in [0.2, 0.25) is 0 Å². The van der Waals surface area contributed by atoms with E-state index in [-0.39, 0.29) is 0 Å². The van der Waals surface area contributed by atoms with Gasteiger partial charge in [-0.3, -0.25) is 0 Å². The van der Waals surface area contributed by atoms with Gasteiger partial charge in [-0.2, -0.15) is 0 Å². The van der Waals surface area contributed by atoms with Crippen molar-refractivity contribution >= 4 is 0 Å². The molecule has 1 atom stereocenters. The first kappa shape index (κ1) is 12.0. The molecule has 1 unspecified atom stereocenters. The zero-order chi connectivity index (χ0) is 12.4. The van der Waals surface area contributed by atoms with Crippen LogP contribution in [0.15, 0.2) is 18.2 Å². The minimum atomic E-state index is 0.684. The predicted molar refractivity (Wildman–Crippen MR) is 73.2 cm³/mol. The first-order chi connectivity index (χ1) is 8.83. The van der Waals surface area contributed by atoms with Crippen LogP contribution in [0, 0.1) is 0 Å². The highest BCUT2D eigenvalue weighted by Crippen LogP contribution is 2.26. The van der Waals surface area contributed by atoms with Crippen molar-refractivity contribution in [2.75, 3.05) is 33.3 Å². The van der Waals surface area contributed by atoms with Gasteiger partial charge in [0.15, 0.2) is 0 Å². The Hall–Kier alpha value is -1.06. The van der Waals surface area contributed by atoms with Crippen LogP contribution in [0.5, 0.6) is 5.75 Å². The first-order valence-corrected chi connectivity index (χ1v) is 6.98. The molecule has 0 spiro atoms. The summed E-state index contributed by atoms with van der Waals surface area (Å²) in [5.41, 5.74) is 2.85. The molecule has 2 heterocycles. The Kier molecular flexibility index (Phi) is 3.52. The van der Waals surface area contributed by atoms with Crippen LogP contribution in [-0.2, 0) is 12.8 Å². The third kappa shape index (κ3) is 2.52. The van der Waals surface area contributed by atoms with Crippen LogP contribution in [0.4, 0.5) is 0 Å². The fourth-order valence-corrected chi connectivity index (χ4v) is 2.91. The molecule has 3 nitrogen and oxygen atoms in total. The van der Waals surface area contributed by atoms with Crippen LogP contribution >= 0.6 is 0 Å². The van der Waals surface area contributed by atoms with Gasteiger partial charge in [0.2, 0.25) is 0 Å². The maximum Gasteiger partial charge on any atom is 0.122 e. The van der Waals surface area contributed by atoms with Crippen LogP contribution in [0.1, 0.15) is 17.5 Å². The summed E-state index contributed by atoms with van der Waals surface area (Å²) >= 11 is 0. The van der Waals surface area contributed by atoms with Crippen LogP contribution < -0.4 is 10.1 Å². The number of rotatable bonds is 3. The number of nitrogens with zero attached hydrogens (tertiary/aromatic N) is 1. The van der Waals surface area contributed by atoms with Gasteiger partial charge >= 0.3 is 0 Å². The van der Waals surface area contributed by atoms with Gasteiger partial charge in [-0.05, 0) is 37.1 Å². The highest BCUT2D eigenvalue weighted by Gasteiger charge is 2.18. The Morgan fingerprint density at radius 2 is 2.39 bits per heavy atom. The summed E-state index contributed by atoms with van der Waals surface area (Å²) in [5.74, 6) is 1.09. The summed E-state index contributed by atoms with van der Waals surface area (Å²) in [6.45, 7) is 4.28. The quantitative estimate of drug-likeness (QED) is 0.874. The number of ether oxygens (including phenoxy) is 1. The fraction of sp³-hybridized carbons (Fsp3) is 0.600. The highest BCUT2D eigenvalue weighted by molar-refractivity contribution is 5.39. The van der Waals surface area contributed by atoms with E-state index in [4.69, 9.17) is 4.74 Å². The van der Waals surface area contributed by atoms with E-state index >= 15 is 0 Å². The normalized spacial score (nSPS) is 23.7. The Morgan fingerprint density at radius 1 is 1.44 bits per heavy atom. The fourth-order valence-electron chi connectivity index (χ4n) is 2.91. The summed E-state index contributed by atoms with van der Waals surface area (Å²) in [7, 11) is 2.24. The molecule has 2 aliphatic heterocycles. The van der Waals surface area contributed by atoms with Crippen LogP contribution in [0.25, 0.3) is 0 Å². The molecule has 3 rings (SSSR count). The standard InChI is InChI=1S/C15H22N2O/c1-17-8-7-16-11-14(17)4-2-12-3-5-15-13(10-12)6-9-18-15/h3,5,10,14,16H,2,4,6-9,11H2,1H3. The van der Waals surface area contributed by atoms with Crippen molar-refractivity contribution in [2.45, 2.75) is 25.3 Å². The molecule has 1 fully saturated rings. The lowest BCUT2D eigenvalue weighted by atomic mass is 10.0. The average Bonchev–Trinajstić information content (AvgIpc) is 2.85. The van der Waals surface area contributed by atoms with Gasteiger partial charge in [-0.15, -0.1) is 0 Å². The van der Waals surface area contributed by atoms with Crippen LogP contribution in [-0.4, -0.2) is 44.2 Å². The van der Waals surface area contributed by atoms with Gasteiger partial charge in [0.1, 0.15) is 5.75 Å². The minimum absolute atomic E-state index is 0.684. The number of likely N-dealkylation sites (N-methyl/N-ethyl adjacent to an activating group) is 1. The molecule has 1 aromatic carbocycles. The molecule has 0 amide bonds. The molecular weight excluding hydrogens is 224 g/mol. The molecule has 3 heteroatoms. The molecule has 0 aromatic heterocycles. The van der Waals surface area contributed by atoms with Crippen molar-refractivity contribution in [1.82, 2.24) is 10.2 Å². The molecule has 0 saturated carbocycles. The lowest BCUT2D eigenvalue weighted by molar-refractivity contribution is 0.191. The second-order valence-corrected chi connectivity index (χ2v) is 5.42. The second-order valence-electron chi connectivity index (χ2n) is 5.42. The van der Waals surface area contributed by atoms with Gasteiger partial charge in [0.05, 0.1) is 6.61 Å². The third-order valence-corrected chi connectivity index (χ3v) is 4.16. The summed E-state index contributed by atoms with van der Waals surface area (Å²) in [4.78, 5) is 2.48. The minimum Gasteiger partial charge on any atom is -0.493 e. The zero-order valence-electron chi connectivity index (χ0n) is 11.1. The molecule has 98 valence electrons. The summed E-state index contributed by atoms with van der Waals surface area (Å²) in [5, 5.41) is 3.48. The van der Waals surface area contributed by atoms with Gasteiger partial charge in [-0.1, -0.05) is 12.1 Å². The molecular formula is C15H22N2O. The largest absolute Gasteiger partial charge is 0.493 e. The van der Waals surface area contributed by atoms with Crippen molar-refractivity contribution in [2.24, 2.45) is 0 Å². The number of fused-ring (bicyclic) bond motifs is 1. The van der Waals surface area contributed by atoms with Crippen LogP contribution in [0.3, 0.4) is 0 Å². The molecule has 0 bridgehead atoms. The van der Waals surface area contributed by atoms with Gasteiger partial charge in [-0.25, -0.2) is 0 Å². The van der Waals surface area contributed by atoms with Crippen molar-refractivity contribution in [3.63, 3.8) is 0 Å². The van der Waals surface area contributed by atoms with E-state index in [1.165, 1.54) is 30.5 Å². The SMILES string of the molecule is CN1CCNCC1CCc1ccc2c(c1)CCO2. The van der Waals surface area contributed by atoms with Crippen molar-refractivity contribution in [3.05, 3.63) is 29.3 Å². The van der Waals surface area contributed by atoms with Gasteiger partial charge in [0, 0.05) is 32.1 Å². The molecule has 1 N–H and O–H groups in total. The van der Waals surface area contributed by atoms with E-state index < -0.39 is 0 Å². The molecule has 18 heavy (non-hydrogen) atoms. The van der Waals surface area contributed by atoms with Crippen molar-refractivity contribution in [3.8, 4) is 5.75 Å². The lowest BCUT2D eigenvalue weighted by Crippen LogP contribution is -2.49. The highest BCUT2D eigenvalue weighted by atomic mass is 16.5. The Bertz CT molecular complexity index is 419. The van der Waals surface area contributed by atoms with Gasteiger partial charge < -0.3 is 15.0 Å². The van der Waals surface area contributed by atoms with E-state index in [0.29, 0.717) is 6.04 Å². The number of hydrogen-bond acceptors (Lipinski definition) is 3. The topological polar surface area (TPSA) is 24.5 Å². The van der Waals surface area contributed by atoms with E-state index in [9.17, 15) is 0 Å². The lowest BCUT2D eigenvalue weighted by Gasteiger charge is -2.33. The Balaban J connectivity index is 1.59. The van der Waals surface area contributed by atoms with Gasteiger partial charge in [0.25, 0.3) is 0 Å². The molecule has 1 saturated heterocycles. The number of aryl methyl sites for hydroxylation is 1. The summed E-state index contributed by atoms with van der Waals surface area (Å²) in [6, 6.07) is 7.38. The van der Waals surface area contributed by atoms with E-state index in [1.807, 2.05) is 0 Å². The van der Waals surface area contributed by atoms with E-state index in [2.05, 4.69) is 35.5 Å². The number of piperazine rings is 1. The number of nitrogens with one attached hydrogen (secondary N) is 1. The molecule has 2 aliphatic rings. The number of hydrogen-bond donors (Lipinski definition) is 1. The Labute approximate surface area is 109 Å². The maximum atomic E-state index is 5.55. The van der Waals surface area contributed by atoms with Crippen molar-refractivity contribution < 1.29 is 4.74 Å². The average molecular weight is 246 g/mol. The summed E-state index contributed by atoms with van der Waals surface area (Å²) in [6.07, 6.45) is 3.49. The molecule has 0 aliphatic carbocycles. The van der Waals surface area contributed by atoms with E-state index in [0.717, 1.165) is 31.9 Å². The van der Waals surface area contributed by atoms with Crippen molar-refractivity contribution in [1.29, 1.82) is 0 Å².